The molecule has 0 fully saturated rings. The molecule has 3 rings (SSSR count). The fourth-order valence-corrected chi connectivity index (χ4v) is 2.75. The average Bonchev–Trinajstić information content (AvgIpc) is 3.14. The lowest BCUT2D eigenvalue weighted by molar-refractivity contribution is 0.0885. The zero-order valence-electron chi connectivity index (χ0n) is 14.2. The standard InChI is InChI=1S/C20H17BrFNO4/c21-14-2-1-3-16(10-14)26-12-17-8-9-19(27-17)20(25)23-11-18(24)13-4-6-15(22)7-5-13/h1-10,18,24H,11-12H2,(H,23,25). The van der Waals surface area contributed by atoms with E-state index in [9.17, 15) is 14.3 Å². The number of furan rings is 1. The molecule has 0 saturated carbocycles. The normalized spacial score (nSPS) is 11.8. The summed E-state index contributed by atoms with van der Waals surface area (Å²) in [4.78, 5) is 12.1. The van der Waals surface area contributed by atoms with Gasteiger partial charge in [-0.25, -0.2) is 4.39 Å². The molecule has 5 nitrogen and oxygen atoms in total. The average molecular weight is 434 g/mol. The molecule has 0 aliphatic heterocycles. The van der Waals surface area contributed by atoms with Crippen molar-refractivity contribution in [3.05, 3.63) is 88.0 Å². The Kier molecular flexibility index (Phi) is 6.26. The van der Waals surface area contributed by atoms with Crippen LogP contribution in [0.15, 0.2) is 69.6 Å². The number of benzene rings is 2. The van der Waals surface area contributed by atoms with Crippen molar-refractivity contribution < 1.29 is 23.4 Å². The molecule has 2 N–H and O–H groups in total. The minimum absolute atomic E-state index is 0.0188. The molecule has 0 bridgehead atoms. The minimum atomic E-state index is -0.941. The van der Waals surface area contributed by atoms with Gasteiger partial charge in [0.2, 0.25) is 0 Å². The Balaban J connectivity index is 1.51. The highest BCUT2D eigenvalue weighted by Crippen LogP contribution is 2.19. The SMILES string of the molecule is O=C(NCC(O)c1ccc(F)cc1)c1ccc(COc2cccc(Br)c2)o1. The van der Waals surface area contributed by atoms with Gasteiger partial charge in [0.1, 0.15) is 23.9 Å². The second-order valence-corrected chi connectivity index (χ2v) is 6.71. The van der Waals surface area contributed by atoms with E-state index in [1.807, 2.05) is 24.3 Å². The summed E-state index contributed by atoms with van der Waals surface area (Å²) in [6, 6.07) is 16.0. The Labute approximate surface area is 163 Å². The molecule has 0 aliphatic rings. The molecule has 0 spiro atoms. The first-order valence-corrected chi connectivity index (χ1v) is 8.99. The molecule has 3 aromatic rings. The van der Waals surface area contributed by atoms with Crippen LogP contribution < -0.4 is 10.1 Å². The summed E-state index contributed by atoms with van der Waals surface area (Å²) in [5, 5.41) is 12.6. The van der Waals surface area contributed by atoms with Crippen LogP contribution in [0.5, 0.6) is 5.75 Å². The van der Waals surface area contributed by atoms with Gasteiger partial charge < -0.3 is 19.6 Å². The molecule has 7 heteroatoms. The zero-order valence-corrected chi connectivity index (χ0v) is 15.8. The van der Waals surface area contributed by atoms with E-state index in [1.54, 1.807) is 12.1 Å². The van der Waals surface area contributed by atoms with E-state index in [0.29, 0.717) is 17.1 Å². The molecule has 1 unspecified atom stereocenters. The van der Waals surface area contributed by atoms with Gasteiger partial charge >= 0.3 is 0 Å². The van der Waals surface area contributed by atoms with Crippen molar-refractivity contribution in [2.45, 2.75) is 12.7 Å². The van der Waals surface area contributed by atoms with Crippen molar-refractivity contribution in [3.8, 4) is 5.75 Å². The molecular formula is C20H17BrFNO4. The Morgan fingerprint density at radius 3 is 2.70 bits per heavy atom. The summed E-state index contributed by atoms with van der Waals surface area (Å²) in [7, 11) is 0. The molecule has 0 aliphatic carbocycles. The van der Waals surface area contributed by atoms with Crippen LogP contribution in [0.25, 0.3) is 0 Å². The fraction of sp³-hybridized carbons (Fsp3) is 0.150. The molecule has 1 amide bonds. The van der Waals surface area contributed by atoms with Gasteiger partial charge in [-0.15, -0.1) is 0 Å². The molecule has 1 heterocycles. The van der Waals surface area contributed by atoms with Gasteiger partial charge in [0.15, 0.2) is 5.76 Å². The number of hydrogen-bond acceptors (Lipinski definition) is 4. The van der Waals surface area contributed by atoms with Gasteiger partial charge in [-0.1, -0.05) is 34.1 Å². The molecule has 2 aromatic carbocycles. The molecule has 0 saturated heterocycles. The Bertz CT molecular complexity index is 910. The maximum absolute atomic E-state index is 12.9. The fourth-order valence-electron chi connectivity index (χ4n) is 2.37. The van der Waals surface area contributed by atoms with E-state index in [1.165, 1.54) is 24.3 Å². The van der Waals surface area contributed by atoms with E-state index in [4.69, 9.17) is 9.15 Å². The van der Waals surface area contributed by atoms with Gasteiger partial charge in [0.25, 0.3) is 5.91 Å². The maximum atomic E-state index is 12.9. The van der Waals surface area contributed by atoms with Gasteiger partial charge in [-0.3, -0.25) is 4.79 Å². The Morgan fingerprint density at radius 1 is 1.19 bits per heavy atom. The first kappa shape index (κ1) is 19.1. The number of hydrogen-bond donors (Lipinski definition) is 2. The minimum Gasteiger partial charge on any atom is -0.486 e. The van der Waals surface area contributed by atoms with E-state index in [2.05, 4.69) is 21.2 Å². The number of halogens is 2. The van der Waals surface area contributed by atoms with E-state index >= 15 is 0 Å². The smallest absolute Gasteiger partial charge is 0.287 e. The van der Waals surface area contributed by atoms with Crippen LogP contribution in [0, 0.1) is 5.82 Å². The van der Waals surface area contributed by atoms with Gasteiger partial charge in [0.05, 0.1) is 6.10 Å². The Morgan fingerprint density at radius 2 is 1.96 bits per heavy atom. The van der Waals surface area contributed by atoms with Gasteiger partial charge in [-0.05, 0) is 48.0 Å². The third kappa shape index (κ3) is 5.42. The molecule has 0 radical (unpaired) electrons. The van der Waals surface area contributed by atoms with Crippen molar-refractivity contribution in [1.29, 1.82) is 0 Å². The summed E-state index contributed by atoms with van der Waals surface area (Å²) < 4.78 is 24.9. The van der Waals surface area contributed by atoms with Gasteiger partial charge in [0, 0.05) is 11.0 Å². The van der Waals surface area contributed by atoms with Gasteiger partial charge in [-0.2, -0.15) is 0 Å². The first-order chi connectivity index (χ1) is 13.0. The summed E-state index contributed by atoms with van der Waals surface area (Å²) in [5.74, 6) is 0.454. The summed E-state index contributed by atoms with van der Waals surface area (Å²) in [6.07, 6.45) is -0.941. The highest BCUT2D eigenvalue weighted by Gasteiger charge is 2.14. The lowest BCUT2D eigenvalue weighted by atomic mass is 10.1. The van der Waals surface area contributed by atoms with Crippen molar-refractivity contribution in [2.75, 3.05) is 6.54 Å². The lowest BCUT2D eigenvalue weighted by Gasteiger charge is -2.11. The summed E-state index contributed by atoms with van der Waals surface area (Å²) in [5.41, 5.74) is 0.513. The Hall–Kier alpha value is -2.64. The molecule has 1 atom stereocenters. The van der Waals surface area contributed by atoms with Crippen molar-refractivity contribution in [2.24, 2.45) is 0 Å². The van der Waals surface area contributed by atoms with Crippen LogP contribution in [-0.2, 0) is 6.61 Å². The highest BCUT2D eigenvalue weighted by molar-refractivity contribution is 9.10. The quantitative estimate of drug-likeness (QED) is 0.584. The number of amides is 1. The second-order valence-electron chi connectivity index (χ2n) is 5.79. The first-order valence-electron chi connectivity index (χ1n) is 8.20. The number of ether oxygens (including phenoxy) is 1. The van der Waals surface area contributed by atoms with Crippen molar-refractivity contribution in [3.63, 3.8) is 0 Å². The number of rotatable bonds is 7. The monoisotopic (exact) mass is 433 g/mol. The molecule has 27 heavy (non-hydrogen) atoms. The van der Waals surface area contributed by atoms with Crippen molar-refractivity contribution >= 4 is 21.8 Å². The number of nitrogens with one attached hydrogen (secondary N) is 1. The zero-order chi connectivity index (χ0) is 19.2. The number of carbonyl (C=O) groups is 1. The number of carbonyl (C=O) groups excluding carboxylic acids is 1. The number of aliphatic hydroxyl groups excluding tert-OH is 1. The summed E-state index contributed by atoms with van der Waals surface area (Å²) >= 11 is 3.37. The number of aliphatic hydroxyl groups is 1. The van der Waals surface area contributed by atoms with E-state index in [0.717, 1.165) is 4.47 Å². The third-order valence-corrected chi connectivity index (χ3v) is 4.27. The highest BCUT2D eigenvalue weighted by atomic mass is 79.9. The van der Waals surface area contributed by atoms with E-state index < -0.39 is 12.0 Å². The van der Waals surface area contributed by atoms with Crippen LogP contribution in [0.4, 0.5) is 4.39 Å². The maximum Gasteiger partial charge on any atom is 0.287 e. The third-order valence-electron chi connectivity index (χ3n) is 3.77. The topological polar surface area (TPSA) is 71.7 Å². The second kappa shape index (κ2) is 8.83. The summed E-state index contributed by atoms with van der Waals surface area (Å²) in [6.45, 7) is 0.164. The predicted molar refractivity (Wildman–Crippen MR) is 101 cm³/mol. The van der Waals surface area contributed by atoms with Crippen LogP contribution in [0.2, 0.25) is 0 Å². The van der Waals surface area contributed by atoms with Crippen molar-refractivity contribution in [1.82, 2.24) is 5.32 Å². The molecular weight excluding hydrogens is 417 g/mol. The molecule has 1 aromatic heterocycles. The predicted octanol–water partition coefficient (Wildman–Crippen LogP) is 4.22. The largest absolute Gasteiger partial charge is 0.486 e. The van der Waals surface area contributed by atoms with E-state index in [-0.39, 0.29) is 24.7 Å². The van der Waals surface area contributed by atoms with Crippen LogP contribution in [0.3, 0.4) is 0 Å². The molecule has 140 valence electrons. The lowest BCUT2D eigenvalue weighted by Crippen LogP contribution is -2.28. The van der Waals surface area contributed by atoms with Crippen LogP contribution >= 0.6 is 15.9 Å². The van der Waals surface area contributed by atoms with Crippen LogP contribution in [0.1, 0.15) is 28.0 Å². The van der Waals surface area contributed by atoms with Crippen LogP contribution in [-0.4, -0.2) is 17.6 Å².